The molecule has 0 bridgehead atoms. The summed E-state index contributed by atoms with van der Waals surface area (Å²) in [6.45, 7) is 5.02. The quantitative estimate of drug-likeness (QED) is 0.869. The Kier molecular flexibility index (Phi) is 3.84. The van der Waals surface area contributed by atoms with E-state index in [1.54, 1.807) is 19.3 Å². The summed E-state index contributed by atoms with van der Waals surface area (Å²) in [4.78, 5) is 18.6. The van der Waals surface area contributed by atoms with Crippen LogP contribution in [0, 0.1) is 5.92 Å². The molecule has 1 aromatic rings. The lowest BCUT2D eigenvalue weighted by molar-refractivity contribution is 0.0696. The van der Waals surface area contributed by atoms with Crippen LogP contribution in [-0.4, -0.2) is 35.4 Å². The number of hydrogen-bond donors (Lipinski definition) is 1. The number of rotatable bonds is 5. The average molecular weight is 247 g/mol. The van der Waals surface area contributed by atoms with E-state index < -0.39 is 0 Å². The Bertz CT molecular complexity index is 427. The van der Waals surface area contributed by atoms with Gasteiger partial charge in [0.15, 0.2) is 0 Å². The van der Waals surface area contributed by atoms with Crippen LogP contribution >= 0.6 is 0 Å². The summed E-state index contributed by atoms with van der Waals surface area (Å²) in [5.41, 5.74) is 0.712. The zero-order valence-electron chi connectivity index (χ0n) is 11.3. The minimum atomic E-state index is 0.107. The molecule has 0 aliphatic heterocycles. The molecule has 4 nitrogen and oxygen atoms in total. The van der Waals surface area contributed by atoms with Gasteiger partial charge >= 0.3 is 0 Å². The Hall–Kier alpha value is -1.58. The number of hydrogen-bond acceptors (Lipinski definition) is 3. The summed E-state index contributed by atoms with van der Waals surface area (Å²) in [5, 5.41) is 2.96. The Morgan fingerprint density at radius 1 is 1.56 bits per heavy atom. The molecule has 1 aliphatic rings. The van der Waals surface area contributed by atoms with Gasteiger partial charge < -0.3 is 10.2 Å². The van der Waals surface area contributed by atoms with Gasteiger partial charge in [-0.15, -0.1) is 0 Å². The van der Waals surface area contributed by atoms with Crippen LogP contribution in [0.5, 0.6) is 0 Å². The number of carbonyl (C=O) groups is 1. The lowest BCUT2D eigenvalue weighted by atomic mass is 10.2. The minimum Gasteiger partial charge on any atom is -0.373 e. The van der Waals surface area contributed by atoms with Crippen LogP contribution in [0.1, 0.15) is 37.0 Å². The Labute approximate surface area is 108 Å². The van der Waals surface area contributed by atoms with E-state index >= 15 is 0 Å². The molecule has 0 spiro atoms. The first-order chi connectivity index (χ1) is 8.61. The standard InChI is InChI=1S/C14H21N3O/c1-10(2)17(9-11-4-5-11)14(18)12-6-7-16-13(8-12)15-3/h6-8,10-11H,4-5,9H2,1-3H3,(H,15,16). The average Bonchev–Trinajstić information content (AvgIpc) is 3.19. The first kappa shape index (κ1) is 12.9. The maximum Gasteiger partial charge on any atom is 0.254 e. The largest absolute Gasteiger partial charge is 0.373 e. The predicted octanol–water partition coefficient (Wildman–Crippen LogP) is 2.38. The maximum atomic E-state index is 12.5. The van der Waals surface area contributed by atoms with Gasteiger partial charge in [0, 0.05) is 31.4 Å². The molecule has 1 saturated carbocycles. The van der Waals surface area contributed by atoms with Gasteiger partial charge in [-0.3, -0.25) is 4.79 Å². The van der Waals surface area contributed by atoms with E-state index in [9.17, 15) is 4.79 Å². The fourth-order valence-corrected chi connectivity index (χ4v) is 1.97. The van der Waals surface area contributed by atoms with Crippen LogP contribution < -0.4 is 5.32 Å². The van der Waals surface area contributed by atoms with Crippen molar-refractivity contribution < 1.29 is 4.79 Å². The Morgan fingerprint density at radius 2 is 2.28 bits per heavy atom. The van der Waals surface area contributed by atoms with Gasteiger partial charge in [-0.25, -0.2) is 4.98 Å². The second-order valence-corrected chi connectivity index (χ2v) is 5.17. The second kappa shape index (κ2) is 5.38. The molecule has 0 unspecified atom stereocenters. The molecule has 1 N–H and O–H groups in total. The third kappa shape index (κ3) is 3.00. The van der Waals surface area contributed by atoms with E-state index in [1.165, 1.54) is 12.8 Å². The summed E-state index contributed by atoms with van der Waals surface area (Å²) in [7, 11) is 1.81. The number of nitrogens with zero attached hydrogens (tertiary/aromatic N) is 2. The second-order valence-electron chi connectivity index (χ2n) is 5.17. The van der Waals surface area contributed by atoms with Crippen molar-refractivity contribution in [2.75, 3.05) is 18.9 Å². The summed E-state index contributed by atoms with van der Waals surface area (Å²) < 4.78 is 0. The molecule has 1 aliphatic carbocycles. The van der Waals surface area contributed by atoms with Crippen LogP contribution in [-0.2, 0) is 0 Å². The molecule has 4 heteroatoms. The summed E-state index contributed by atoms with van der Waals surface area (Å²) >= 11 is 0. The van der Waals surface area contributed by atoms with Gasteiger partial charge in [0.1, 0.15) is 5.82 Å². The van der Waals surface area contributed by atoms with Crippen LogP contribution in [0.15, 0.2) is 18.3 Å². The monoisotopic (exact) mass is 247 g/mol. The van der Waals surface area contributed by atoms with Crippen LogP contribution in [0.25, 0.3) is 0 Å². The van der Waals surface area contributed by atoms with Gasteiger partial charge in [0.2, 0.25) is 0 Å². The zero-order chi connectivity index (χ0) is 13.1. The topological polar surface area (TPSA) is 45.2 Å². The van der Waals surface area contributed by atoms with Crippen LogP contribution in [0.2, 0.25) is 0 Å². The highest BCUT2D eigenvalue weighted by Gasteiger charge is 2.28. The highest BCUT2D eigenvalue weighted by Crippen LogP contribution is 2.30. The fraction of sp³-hybridized carbons (Fsp3) is 0.571. The fourth-order valence-electron chi connectivity index (χ4n) is 1.97. The number of aromatic nitrogens is 1. The third-order valence-electron chi connectivity index (χ3n) is 3.30. The maximum absolute atomic E-state index is 12.5. The first-order valence-corrected chi connectivity index (χ1v) is 6.56. The smallest absolute Gasteiger partial charge is 0.254 e. The van der Waals surface area contributed by atoms with Crippen LogP contribution in [0.4, 0.5) is 5.82 Å². The molecular formula is C14H21N3O. The third-order valence-corrected chi connectivity index (χ3v) is 3.30. The number of carbonyl (C=O) groups excluding carboxylic acids is 1. The summed E-state index contributed by atoms with van der Waals surface area (Å²) in [6.07, 6.45) is 4.19. The van der Waals surface area contributed by atoms with Crippen molar-refractivity contribution in [3.05, 3.63) is 23.9 Å². The molecule has 1 aromatic heterocycles. The SMILES string of the molecule is CNc1cc(C(=O)N(CC2CC2)C(C)C)ccn1. The molecule has 1 amide bonds. The van der Waals surface area contributed by atoms with E-state index in [4.69, 9.17) is 0 Å². The van der Waals surface area contributed by atoms with Crippen molar-refractivity contribution in [3.8, 4) is 0 Å². The number of pyridine rings is 1. The van der Waals surface area contributed by atoms with Crippen molar-refractivity contribution in [2.24, 2.45) is 5.92 Å². The molecule has 0 atom stereocenters. The van der Waals surface area contributed by atoms with Crippen molar-refractivity contribution >= 4 is 11.7 Å². The normalized spacial score (nSPS) is 14.7. The molecule has 18 heavy (non-hydrogen) atoms. The van der Waals surface area contributed by atoms with Crippen molar-refractivity contribution in [1.29, 1.82) is 0 Å². The van der Waals surface area contributed by atoms with Gasteiger partial charge in [-0.05, 0) is 44.7 Å². The lowest BCUT2D eigenvalue weighted by Gasteiger charge is -2.27. The molecule has 2 rings (SSSR count). The van der Waals surface area contributed by atoms with Crippen LogP contribution in [0.3, 0.4) is 0 Å². The van der Waals surface area contributed by atoms with Gasteiger partial charge in [0.25, 0.3) is 5.91 Å². The molecule has 98 valence electrons. The van der Waals surface area contributed by atoms with Gasteiger partial charge in [-0.1, -0.05) is 0 Å². The number of amides is 1. The summed E-state index contributed by atoms with van der Waals surface area (Å²) in [5.74, 6) is 1.55. The Morgan fingerprint density at radius 3 is 2.83 bits per heavy atom. The molecule has 0 radical (unpaired) electrons. The first-order valence-electron chi connectivity index (χ1n) is 6.56. The zero-order valence-corrected chi connectivity index (χ0v) is 11.3. The highest BCUT2D eigenvalue weighted by molar-refractivity contribution is 5.95. The van der Waals surface area contributed by atoms with Gasteiger partial charge in [-0.2, -0.15) is 0 Å². The highest BCUT2D eigenvalue weighted by atomic mass is 16.2. The molecule has 0 saturated heterocycles. The van der Waals surface area contributed by atoms with E-state index in [1.807, 2.05) is 11.0 Å². The Balaban J connectivity index is 2.15. The van der Waals surface area contributed by atoms with Crippen molar-refractivity contribution in [2.45, 2.75) is 32.7 Å². The predicted molar refractivity (Wildman–Crippen MR) is 72.7 cm³/mol. The van der Waals surface area contributed by atoms with Gasteiger partial charge in [0.05, 0.1) is 0 Å². The number of nitrogens with one attached hydrogen (secondary N) is 1. The molecule has 1 heterocycles. The van der Waals surface area contributed by atoms with Crippen molar-refractivity contribution in [3.63, 3.8) is 0 Å². The van der Waals surface area contributed by atoms with Crippen molar-refractivity contribution in [1.82, 2.24) is 9.88 Å². The van der Waals surface area contributed by atoms with E-state index in [2.05, 4.69) is 24.1 Å². The molecule has 1 fully saturated rings. The molecule has 0 aromatic carbocycles. The lowest BCUT2D eigenvalue weighted by Crippen LogP contribution is -2.38. The minimum absolute atomic E-state index is 0.107. The van der Waals surface area contributed by atoms with E-state index in [0.29, 0.717) is 11.5 Å². The van der Waals surface area contributed by atoms with E-state index in [-0.39, 0.29) is 11.9 Å². The number of anilines is 1. The van der Waals surface area contributed by atoms with E-state index in [0.717, 1.165) is 12.4 Å². The molecular weight excluding hydrogens is 226 g/mol. The summed E-state index contributed by atoms with van der Waals surface area (Å²) in [6, 6.07) is 3.83.